The lowest BCUT2D eigenvalue weighted by Gasteiger charge is -2.43. The minimum absolute atomic E-state index is 0.147. The van der Waals surface area contributed by atoms with Crippen molar-refractivity contribution in [2.24, 2.45) is 0 Å². The van der Waals surface area contributed by atoms with Crippen molar-refractivity contribution in [1.82, 2.24) is 5.32 Å². The van der Waals surface area contributed by atoms with E-state index in [9.17, 15) is 10.2 Å². The summed E-state index contributed by atoms with van der Waals surface area (Å²) in [5, 5.41) is 22.4. The summed E-state index contributed by atoms with van der Waals surface area (Å²) in [4.78, 5) is 0. The van der Waals surface area contributed by atoms with Crippen LogP contribution in [0.4, 0.5) is 0 Å². The summed E-state index contributed by atoms with van der Waals surface area (Å²) in [5.41, 5.74) is -1.07. The summed E-state index contributed by atoms with van der Waals surface area (Å²) in [5.74, 6) is 0. The lowest BCUT2D eigenvalue weighted by atomic mass is 9.90. The number of hydrogen-bond donors (Lipinski definition) is 3. The van der Waals surface area contributed by atoms with Gasteiger partial charge in [0, 0.05) is 7.11 Å². The van der Waals surface area contributed by atoms with Gasteiger partial charge in [-0.3, -0.25) is 0 Å². The van der Waals surface area contributed by atoms with Crippen LogP contribution in [0.2, 0.25) is 0 Å². The van der Waals surface area contributed by atoms with Crippen LogP contribution in [0.5, 0.6) is 0 Å². The van der Waals surface area contributed by atoms with Crippen molar-refractivity contribution < 1.29 is 19.7 Å². The molecule has 1 saturated heterocycles. The van der Waals surface area contributed by atoms with E-state index in [2.05, 4.69) is 5.32 Å². The quantitative estimate of drug-likeness (QED) is 0.505. The van der Waals surface area contributed by atoms with E-state index >= 15 is 0 Å². The molecule has 0 saturated carbocycles. The van der Waals surface area contributed by atoms with Crippen LogP contribution in [0, 0.1) is 0 Å². The van der Waals surface area contributed by atoms with Gasteiger partial charge in [-0.2, -0.15) is 0 Å². The van der Waals surface area contributed by atoms with E-state index in [1.54, 1.807) is 14.0 Å². The van der Waals surface area contributed by atoms with Gasteiger partial charge in [0.2, 0.25) is 0 Å². The third kappa shape index (κ3) is 2.00. The molecule has 1 heterocycles. The number of aliphatic hydroxyl groups is 2. The van der Waals surface area contributed by atoms with Crippen LogP contribution in [0.1, 0.15) is 6.92 Å². The summed E-state index contributed by atoms with van der Waals surface area (Å²) in [6.45, 7) is 1.76. The molecule has 1 aliphatic rings. The summed E-state index contributed by atoms with van der Waals surface area (Å²) in [6.07, 6.45) is -1.53. The number of rotatable bonds is 2. The van der Waals surface area contributed by atoms with Gasteiger partial charge in [0.25, 0.3) is 0 Å². The number of hydrogen-bond acceptors (Lipinski definition) is 5. The molecule has 0 unspecified atom stereocenters. The molecule has 5 heteroatoms. The molecule has 5 nitrogen and oxygen atoms in total. The number of methoxy groups -OCH3 is 1. The van der Waals surface area contributed by atoms with Crippen molar-refractivity contribution in [3.05, 3.63) is 0 Å². The smallest absolute Gasteiger partial charge is 0.184 e. The first-order valence-corrected chi connectivity index (χ1v) is 4.25. The van der Waals surface area contributed by atoms with Crippen LogP contribution in [0.3, 0.4) is 0 Å². The highest BCUT2D eigenvalue weighted by atomic mass is 16.7. The third-order valence-electron chi connectivity index (χ3n) is 2.37. The molecule has 1 fully saturated rings. The van der Waals surface area contributed by atoms with Gasteiger partial charge in [-0.25, -0.2) is 0 Å². The standard InChI is InChI=1S/C8H17NO4/c1-8(11)4-13-7(12-3)5(10)6(8)9-2/h5-7,9-11H,4H2,1-3H3/t5-,6-,7+,8+/m1/s1. The van der Waals surface area contributed by atoms with Crippen LogP contribution >= 0.6 is 0 Å². The molecule has 3 N–H and O–H groups in total. The second kappa shape index (κ2) is 3.89. The minimum atomic E-state index is -1.07. The van der Waals surface area contributed by atoms with E-state index in [0.29, 0.717) is 0 Å². The summed E-state index contributed by atoms with van der Waals surface area (Å²) >= 11 is 0. The maximum atomic E-state index is 9.81. The van der Waals surface area contributed by atoms with Crippen molar-refractivity contribution in [3.8, 4) is 0 Å². The van der Waals surface area contributed by atoms with Gasteiger partial charge in [0.05, 0.1) is 12.6 Å². The first-order chi connectivity index (χ1) is 6.03. The second-order valence-electron chi connectivity index (χ2n) is 3.53. The Balaban J connectivity index is 2.72. The molecule has 0 aromatic heterocycles. The molecule has 0 amide bonds. The Morgan fingerprint density at radius 1 is 1.62 bits per heavy atom. The number of nitrogens with one attached hydrogen (secondary N) is 1. The fourth-order valence-corrected chi connectivity index (χ4v) is 1.65. The SMILES string of the molecule is CN[C@@H]1[C@@H](O)[C@@H](OC)OC[C@]1(C)O. The Morgan fingerprint density at radius 3 is 2.69 bits per heavy atom. The molecule has 0 bridgehead atoms. The molecule has 78 valence electrons. The Bertz CT molecular complexity index is 174. The van der Waals surface area contributed by atoms with Gasteiger partial charge in [-0.05, 0) is 14.0 Å². The highest BCUT2D eigenvalue weighted by Gasteiger charge is 2.45. The lowest BCUT2D eigenvalue weighted by Crippen LogP contribution is -2.64. The zero-order chi connectivity index (χ0) is 10.1. The van der Waals surface area contributed by atoms with Gasteiger partial charge < -0.3 is 25.0 Å². The van der Waals surface area contributed by atoms with Crippen molar-refractivity contribution in [3.63, 3.8) is 0 Å². The molecule has 13 heavy (non-hydrogen) atoms. The molecular formula is C8H17NO4. The van der Waals surface area contributed by atoms with E-state index in [1.165, 1.54) is 7.11 Å². The lowest BCUT2D eigenvalue weighted by molar-refractivity contribution is -0.258. The van der Waals surface area contributed by atoms with Crippen LogP contribution in [0.25, 0.3) is 0 Å². The largest absolute Gasteiger partial charge is 0.386 e. The zero-order valence-electron chi connectivity index (χ0n) is 8.15. The fraction of sp³-hybridized carbons (Fsp3) is 1.00. The van der Waals surface area contributed by atoms with Gasteiger partial charge in [0.1, 0.15) is 11.7 Å². The highest BCUT2D eigenvalue weighted by molar-refractivity contribution is 4.96. The maximum Gasteiger partial charge on any atom is 0.184 e. The average Bonchev–Trinajstić information content (AvgIpc) is 2.04. The Labute approximate surface area is 77.7 Å². The van der Waals surface area contributed by atoms with Crippen LogP contribution in [-0.2, 0) is 9.47 Å². The molecule has 4 atom stereocenters. The van der Waals surface area contributed by atoms with Gasteiger partial charge in [-0.15, -0.1) is 0 Å². The molecule has 0 aliphatic carbocycles. The molecule has 0 radical (unpaired) electrons. The maximum absolute atomic E-state index is 9.81. The molecule has 0 aromatic rings. The first-order valence-electron chi connectivity index (χ1n) is 4.25. The van der Waals surface area contributed by atoms with Crippen LogP contribution in [0.15, 0.2) is 0 Å². The minimum Gasteiger partial charge on any atom is -0.386 e. The van der Waals surface area contributed by atoms with E-state index in [0.717, 1.165) is 0 Å². The van der Waals surface area contributed by atoms with Gasteiger partial charge in [-0.1, -0.05) is 0 Å². The molecule has 1 aliphatic heterocycles. The van der Waals surface area contributed by atoms with Gasteiger partial charge >= 0.3 is 0 Å². The normalized spacial score (nSPS) is 46.4. The Hall–Kier alpha value is -0.200. The average molecular weight is 191 g/mol. The Morgan fingerprint density at radius 2 is 2.23 bits per heavy atom. The van der Waals surface area contributed by atoms with Crippen molar-refractivity contribution in [2.45, 2.75) is 31.0 Å². The van der Waals surface area contributed by atoms with Crippen LogP contribution < -0.4 is 5.32 Å². The second-order valence-corrected chi connectivity index (χ2v) is 3.53. The summed E-state index contributed by atoms with van der Waals surface area (Å²) in [7, 11) is 3.14. The Kier molecular flexibility index (Phi) is 3.26. The monoisotopic (exact) mass is 191 g/mol. The van der Waals surface area contributed by atoms with Crippen LogP contribution in [-0.4, -0.2) is 55.0 Å². The van der Waals surface area contributed by atoms with E-state index in [1.807, 2.05) is 0 Å². The van der Waals surface area contributed by atoms with Gasteiger partial charge in [0.15, 0.2) is 6.29 Å². The molecule has 0 spiro atoms. The number of likely N-dealkylation sites (N-methyl/N-ethyl adjacent to an activating group) is 1. The highest BCUT2D eigenvalue weighted by Crippen LogP contribution is 2.23. The summed E-state index contributed by atoms with van der Waals surface area (Å²) in [6, 6.07) is -0.439. The fourth-order valence-electron chi connectivity index (χ4n) is 1.65. The molecule has 0 aromatic carbocycles. The van der Waals surface area contributed by atoms with E-state index in [-0.39, 0.29) is 6.61 Å². The van der Waals surface area contributed by atoms with E-state index in [4.69, 9.17) is 9.47 Å². The zero-order valence-corrected chi connectivity index (χ0v) is 8.15. The number of ether oxygens (including phenoxy) is 2. The topological polar surface area (TPSA) is 71.0 Å². The van der Waals surface area contributed by atoms with Crippen molar-refractivity contribution >= 4 is 0 Å². The summed E-state index contributed by atoms with van der Waals surface area (Å²) < 4.78 is 10.0. The third-order valence-corrected chi connectivity index (χ3v) is 2.37. The molecular weight excluding hydrogens is 174 g/mol. The predicted octanol–water partition coefficient (Wildman–Crippen LogP) is -1.31. The molecule has 1 rings (SSSR count). The predicted molar refractivity (Wildman–Crippen MR) is 46.2 cm³/mol. The van der Waals surface area contributed by atoms with Crippen molar-refractivity contribution in [1.29, 1.82) is 0 Å². The first kappa shape index (κ1) is 10.9. The van der Waals surface area contributed by atoms with Crippen molar-refractivity contribution in [2.75, 3.05) is 20.8 Å². The number of aliphatic hydroxyl groups excluding tert-OH is 1. The van der Waals surface area contributed by atoms with E-state index < -0.39 is 24.0 Å².